The first-order chi connectivity index (χ1) is 12.5. The molecule has 7 heteroatoms. The van der Waals surface area contributed by atoms with Crippen molar-refractivity contribution in [2.75, 3.05) is 19.6 Å². The predicted octanol–water partition coefficient (Wildman–Crippen LogP) is 2.02. The third-order valence-electron chi connectivity index (χ3n) is 5.99. The van der Waals surface area contributed by atoms with Gasteiger partial charge in [-0.05, 0) is 31.4 Å². The van der Waals surface area contributed by atoms with Gasteiger partial charge in [-0.25, -0.2) is 0 Å². The zero-order chi connectivity index (χ0) is 18.3. The zero-order valence-electron chi connectivity index (χ0n) is 15.2. The van der Waals surface area contributed by atoms with Gasteiger partial charge in [-0.15, -0.1) is 0 Å². The van der Waals surface area contributed by atoms with Crippen molar-refractivity contribution < 1.29 is 14.0 Å². The van der Waals surface area contributed by atoms with Crippen molar-refractivity contribution in [2.24, 2.45) is 7.05 Å². The molecule has 138 valence electrons. The molecule has 2 aromatic rings. The second kappa shape index (κ2) is 6.30. The summed E-state index contributed by atoms with van der Waals surface area (Å²) in [6, 6.07) is 1.70. The average Bonchev–Trinajstić information content (AvgIpc) is 3.36. The maximum absolute atomic E-state index is 12.7. The summed E-state index contributed by atoms with van der Waals surface area (Å²) in [7, 11) is 1.90. The predicted molar refractivity (Wildman–Crippen MR) is 94.5 cm³/mol. The Balaban J connectivity index is 1.59. The standard InChI is InChI=1S/C19H24N4O3/c1-3-23-17(24)10-16(15-11-20-21(2)12-15)19(23)5-7-22(8-6-19)18(25)14-4-9-26-13-14/h4,9,11-13,16H,3,5-8,10H2,1-2H3/t16-/m0/s1. The molecular formula is C19H24N4O3. The number of carbonyl (C=O) groups excluding carboxylic acids is 2. The molecule has 2 amide bonds. The van der Waals surface area contributed by atoms with Crippen LogP contribution in [-0.2, 0) is 11.8 Å². The number of likely N-dealkylation sites (tertiary alicyclic amines) is 2. The number of hydrogen-bond acceptors (Lipinski definition) is 4. The third-order valence-corrected chi connectivity index (χ3v) is 5.99. The smallest absolute Gasteiger partial charge is 0.257 e. The topological polar surface area (TPSA) is 71.6 Å². The molecule has 0 aliphatic carbocycles. The van der Waals surface area contributed by atoms with E-state index in [-0.39, 0.29) is 23.3 Å². The Bertz CT molecular complexity index is 803. The molecule has 0 aromatic carbocycles. The lowest BCUT2D eigenvalue weighted by atomic mass is 9.74. The van der Waals surface area contributed by atoms with Crippen LogP contribution in [0.25, 0.3) is 0 Å². The molecule has 1 spiro atoms. The lowest BCUT2D eigenvalue weighted by Crippen LogP contribution is -2.56. The van der Waals surface area contributed by atoms with Gasteiger partial charge in [0.05, 0.1) is 23.6 Å². The van der Waals surface area contributed by atoms with Crippen molar-refractivity contribution >= 4 is 11.8 Å². The van der Waals surface area contributed by atoms with Gasteiger partial charge >= 0.3 is 0 Å². The van der Waals surface area contributed by atoms with Crippen LogP contribution in [-0.4, -0.2) is 56.6 Å². The summed E-state index contributed by atoms with van der Waals surface area (Å²) in [5.41, 5.74) is 1.48. The number of nitrogens with zero attached hydrogens (tertiary/aromatic N) is 4. The van der Waals surface area contributed by atoms with E-state index in [1.165, 1.54) is 12.5 Å². The van der Waals surface area contributed by atoms with Gasteiger partial charge in [0.25, 0.3) is 5.91 Å². The summed E-state index contributed by atoms with van der Waals surface area (Å²) < 4.78 is 6.83. The SMILES string of the molecule is CCN1C(=O)C[C@@H](c2cnn(C)c2)C12CCN(C(=O)c1ccoc1)CC2. The summed E-state index contributed by atoms with van der Waals surface area (Å²) >= 11 is 0. The number of hydrogen-bond donors (Lipinski definition) is 0. The first kappa shape index (κ1) is 16.9. The molecule has 0 radical (unpaired) electrons. The molecule has 0 bridgehead atoms. The van der Waals surface area contributed by atoms with Gasteiger partial charge in [-0.1, -0.05) is 0 Å². The lowest BCUT2D eigenvalue weighted by Gasteiger charge is -2.47. The van der Waals surface area contributed by atoms with Crippen molar-refractivity contribution in [2.45, 2.75) is 37.6 Å². The molecule has 2 aromatic heterocycles. The van der Waals surface area contributed by atoms with Gasteiger partial charge in [0.15, 0.2) is 0 Å². The van der Waals surface area contributed by atoms with Crippen LogP contribution in [0.4, 0.5) is 0 Å². The number of aryl methyl sites for hydroxylation is 1. The summed E-state index contributed by atoms with van der Waals surface area (Å²) in [6.45, 7) is 4.02. The highest BCUT2D eigenvalue weighted by Crippen LogP contribution is 2.48. The summed E-state index contributed by atoms with van der Waals surface area (Å²) in [6.07, 6.45) is 9.00. The maximum Gasteiger partial charge on any atom is 0.257 e. The van der Waals surface area contributed by atoms with Crippen LogP contribution in [0.2, 0.25) is 0 Å². The molecular weight excluding hydrogens is 332 g/mol. The van der Waals surface area contributed by atoms with Crippen molar-refractivity contribution in [1.29, 1.82) is 0 Å². The van der Waals surface area contributed by atoms with Crippen LogP contribution in [0.5, 0.6) is 0 Å². The molecule has 4 heterocycles. The largest absolute Gasteiger partial charge is 0.472 e. The van der Waals surface area contributed by atoms with Crippen LogP contribution in [0.3, 0.4) is 0 Å². The molecule has 4 rings (SSSR count). The molecule has 2 saturated heterocycles. The molecule has 2 fully saturated rings. The second-order valence-corrected chi connectivity index (χ2v) is 7.25. The van der Waals surface area contributed by atoms with Crippen LogP contribution in [0.15, 0.2) is 35.4 Å². The second-order valence-electron chi connectivity index (χ2n) is 7.25. The highest BCUT2D eigenvalue weighted by Gasteiger charge is 2.54. The normalized spacial score (nSPS) is 22.4. The Morgan fingerprint density at radius 2 is 2.15 bits per heavy atom. The molecule has 0 unspecified atom stereocenters. The number of furan rings is 1. The van der Waals surface area contributed by atoms with Crippen LogP contribution < -0.4 is 0 Å². The number of rotatable bonds is 3. The molecule has 2 aliphatic heterocycles. The fourth-order valence-corrected chi connectivity index (χ4v) is 4.73. The van der Waals surface area contributed by atoms with Crippen LogP contribution in [0, 0.1) is 0 Å². The minimum Gasteiger partial charge on any atom is -0.472 e. The molecule has 7 nitrogen and oxygen atoms in total. The van der Waals surface area contributed by atoms with Gasteiger partial charge < -0.3 is 14.2 Å². The first-order valence-corrected chi connectivity index (χ1v) is 9.15. The Labute approximate surface area is 152 Å². The van der Waals surface area contributed by atoms with E-state index >= 15 is 0 Å². The van der Waals surface area contributed by atoms with Gasteiger partial charge in [-0.2, -0.15) is 5.10 Å². The lowest BCUT2D eigenvalue weighted by molar-refractivity contribution is -0.132. The molecule has 0 N–H and O–H groups in total. The van der Waals surface area contributed by atoms with E-state index in [0.717, 1.165) is 18.4 Å². The van der Waals surface area contributed by atoms with Crippen molar-refractivity contribution in [1.82, 2.24) is 19.6 Å². The van der Waals surface area contributed by atoms with E-state index in [9.17, 15) is 9.59 Å². The van der Waals surface area contributed by atoms with Crippen LogP contribution in [0.1, 0.15) is 48.0 Å². The Morgan fingerprint density at radius 3 is 2.73 bits per heavy atom. The van der Waals surface area contributed by atoms with Crippen molar-refractivity contribution in [3.8, 4) is 0 Å². The number of piperidine rings is 1. The quantitative estimate of drug-likeness (QED) is 0.844. The highest BCUT2D eigenvalue weighted by atomic mass is 16.3. The number of aromatic nitrogens is 2. The molecule has 0 saturated carbocycles. The van der Waals surface area contributed by atoms with Crippen molar-refractivity contribution in [3.05, 3.63) is 42.1 Å². The molecule has 2 aliphatic rings. The van der Waals surface area contributed by atoms with E-state index in [2.05, 4.69) is 5.10 Å². The Kier molecular flexibility index (Phi) is 4.09. The third kappa shape index (κ3) is 2.53. The highest BCUT2D eigenvalue weighted by molar-refractivity contribution is 5.94. The van der Waals surface area contributed by atoms with E-state index < -0.39 is 0 Å². The summed E-state index contributed by atoms with van der Waals surface area (Å²) in [4.78, 5) is 29.2. The van der Waals surface area contributed by atoms with E-state index in [1.54, 1.807) is 10.7 Å². The first-order valence-electron chi connectivity index (χ1n) is 9.15. The fourth-order valence-electron chi connectivity index (χ4n) is 4.73. The maximum atomic E-state index is 12.7. The number of likely N-dealkylation sites (N-methyl/N-ethyl adjacent to an activating group) is 1. The minimum atomic E-state index is -0.220. The fraction of sp³-hybridized carbons (Fsp3) is 0.526. The average molecular weight is 356 g/mol. The van der Waals surface area contributed by atoms with E-state index in [0.29, 0.717) is 31.6 Å². The molecule has 1 atom stereocenters. The van der Waals surface area contributed by atoms with Gasteiger partial charge in [-0.3, -0.25) is 14.3 Å². The van der Waals surface area contributed by atoms with E-state index in [1.807, 2.05) is 36.2 Å². The Morgan fingerprint density at radius 1 is 1.38 bits per heavy atom. The van der Waals surface area contributed by atoms with Gasteiger partial charge in [0.1, 0.15) is 6.26 Å². The zero-order valence-corrected chi connectivity index (χ0v) is 15.2. The summed E-state index contributed by atoms with van der Waals surface area (Å²) in [5.74, 6) is 0.338. The van der Waals surface area contributed by atoms with Crippen molar-refractivity contribution in [3.63, 3.8) is 0 Å². The number of carbonyl (C=O) groups is 2. The summed E-state index contributed by atoms with van der Waals surface area (Å²) in [5, 5.41) is 4.30. The van der Waals surface area contributed by atoms with Gasteiger partial charge in [0.2, 0.25) is 5.91 Å². The van der Waals surface area contributed by atoms with Gasteiger partial charge in [0, 0.05) is 45.2 Å². The minimum absolute atomic E-state index is 0.00102. The molecule has 26 heavy (non-hydrogen) atoms. The Hall–Kier alpha value is -2.57. The monoisotopic (exact) mass is 356 g/mol. The van der Waals surface area contributed by atoms with E-state index in [4.69, 9.17) is 4.42 Å². The van der Waals surface area contributed by atoms with Crippen LogP contribution >= 0.6 is 0 Å². The number of amides is 2.